The van der Waals surface area contributed by atoms with Crippen LogP contribution in [0.4, 0.5) is 5.95 Å². The van der Waals surface area contributed by atoms with Gasteiger partial charge in [-0.2, -0.15) is 0 Å². The molecule has 3 rings (SSSR count). The van der Waals surface area contributed by atoms with Gasteiger partial charge in [0.1, 0.15) is 0 Å². The summed E-state index contributed by atoms with van der Waals surface area (Å²) in [4.78, 5) is 7.82. The zero-order valence-electron chi connectivity index (χ0n) is 11.2. The molecule has 102 valence electrons. The maximum atomic E-state index is 5.34. The number of fused-ring (bicyclic) bond motifs is 1. The Morgan fingerprint density at radius 3 is 3.05 bits per heavy atom. The second kappa shape index (κ2) is 5.19. The summed E-state index contributed by atoms with van der Waals surface area (Å²) in [6, 6.07) is 8.05. The molecule has 0 radical (unpaired) electrons. The Morgan fingerprint density at radius 2 is 2.32 bits per heavy atom. The SMILES string of the molecule is COCC1(CNc2nc3ccccc3[nH]2)CCCN1. The minimum absolute atomic E-state index is 0.0354. The molecule has 1 fully saturated rings. The van der Waals surface area contributed by atoms with Crippen molar-refractivity contribution < 1.29 is 4.74 Å². The van der Waals surface area contributed by atoms with Gasteiger partial charge in [-0.15, -0.1) is 0 Å². The van der Waals surface area contributed by atoms with Crippen molar-refractivity contribution in [3.8, 4) is 0 Å². The molecule has 1 aliphatic rings. The first-order chi connectivity index (χ1) is 9.31. The first kappa shape index (κ1) is 12.4. The predicted octanol–water partition coefficient (Wildman–Crippen LogP) is 1.74. The van der Waals surface area contributed by atoms with Crippen LogP contribution in [0.3, 0.4) is 0 Å². The number of anilines is 1. The molecule has 5 heteroatoms. The summed E-state index contributed by atoms with van der Waals surface area (Å²) in [5, 5.41) is 6.94. The number of aromatic nitrogens is 2. The Morgan fingerprint density at radius 1 is 1.42 bits per heavy atom. The Balaban J connectivity index is 1.70. The van der Waals surface area contributed by atoms with Gasteiger partial charge >= 0.3 is 0 Å². The summed E-state index contributed by atoms with van der Waals surface area (Å²) < 4.78 is 5.34. The molecule has 1 aromatic carbocycles. The molecule has 1 aliphatic heterocycles. The highest BCUT2D eigenvalue weighted by molar-refractivity contribution is 5.77. The fourth-order valence-corrected chi connectivity index (χ4v) is 2.76. The third kappa shape index (κ3) is 2.57. The third-order valence-electron chi connectivity index (χ3n) is 3.74. The minimum Gasteiger partial charge on any atom is -0.383 e. The fourth-order valence-electron chi connectivity index (χ4n) is 2.76. The van der Waals surface area contributed by atoms with Crippen molar-refractivity contribution in [1.82, 2.24) is 15.3 Å². The number of methoxy groups -OCH3 is 1. The number of ether oxygens (including phenoxy) is 1. The van der Waals surface area contributed by atoms with Gasteiger partial charge in [0, 0.05) is 13.7 Å². The van der Waals surface area contributed by atoms with Crippen LogP contribution in [-0.4, -0.2) is 42.3 Å². The van der Waals surface area contributed by atoms with E-state index in [0.29, 0.717) is 0 Å². The molecule has 2 heterocycles. The number of imidazole rings is 1. The third-order valence-corrected chi connectivity index (χ3v) is 3.74. The molecular weight excluding hydrogens is 240 g/mol. The molecule has 1 unspecified atom stereocenters. The number of nitrogens with zero attached hydrogens (tertiary/aromatic N) is 1. The molecule has 1 saturated heterocycles. The summed E-state index contributed by atoms with van der Waals surface area (Å²) in [5.74, 6) is 0.824. The fraction of sp³-hybridized carbons (Fsp3) is 0.500. The van der Waals surface area contributed by atoms with Gasteiger partial charge < -0.3 is 20.4 Å². The van der Waals surface area contributed by atoms with Gasteiger partial charge in [-0.05, 0) is 31.5 Å². The quantitative estimate of drug-likeness (QED) is 0.766. The number of hydrogen-bond acceptors (Lipinski definition) is 4. The van der Waals surface area contributed by atoms with Crippen molar-refractivity contribution in [1.29, 1.82) is 0 Å². The standard InChI is InChI=1S/C14H20N4O/c1-19-10-14(7-4-8-16-14)9-15-13-17-11-5-2-3-6-12(11)18-13/h2-3,5-6,16H,4,7-10H2,1H3,(H2,15,17,18). The average molecular weight is 260 g/mol. The number of benzene rings is 1. The monoisotopic (exact) mass is 260 g/mol. The Kier molecular flexibility index (Phi) is 3.40. The van der Waals surface area contributed by atoms with E-state index in [4.69, 9.17) is 4.74 Å². The van der Waals surface area contributed by atoms with Crippen LogP contribution in [0.15, 0.2) is 24.3 Å². The van der Waals surface area contributed by atoms with Crippen molar-refractivity contribution in [2.45, 2.75) is 18.4 Å². The molecule has 19 heavy (non-hydrogen) atoms. The van der Waals surface area contributed by atoms with E-state index in [9.17, 15) is 0 Å². The summed E-state index contributed by atoms with van der Waals surface area (Å²) in [7, 11) is 1.75. The van der Waals surface area contributed by atoms with Gasteiger partial charge in [0.2, 0.25) is 5.95 Å². The van der Waals surface area contributed by atoms with Crippen LogP contribution in [0.5, 0.6) is 0 Å². The van der Waals surface area contributed by atoms with E-state index in [1.807, 2.05) is 24.3 Å². The average Bonchev–Trinajstić information content (AvgIpc) is 3.03. The van der Waals surface area contributed by atoms with Gasteiger partial charge in [-0.1, -0.05) is 12.1 Å². The highest BCUT2D eigenvalue weighted by Crippen LogP contribution is 2.21. The van der Waals surface area contributed by atoms with E-state index in [-0.39, 0.29) is 5.54 Å². The lowest BCUT2D eigenvalue weighted by molar-refractivity contribution is 0.127. The lowest BCUT2D eigenvalue weighted by Crippen LogP contribution is -2.49. The van der Waals surface area contributed by atoms with Gasteiger partial charge in [0.25, 0.3) is 0 Å². The van der Waals surface area contributed by atoms with Gasteiger partial charge in [0.05, 0.1) is 23.2 Å². The first-order valence-corrected chi connectivity index (χ1v) is 6.74. The molecule has 2 aromatic rings. The summed E-state index contributed by atoms with van der Waals surface area (Å²) >= 11 is 0. The zero-order chi connectivity index (χ0) is 13.1. The molecule has 0 bridgehead atoms. The van der Waals surface area contributed by atoms with Gasteiger partial charge in [-0.25, -0.2) is 4.98 Å². The Bertz CT molecular complexity index is 512. The second-order valence-corrected chi connectivity index (χ2v) is 5.20. The van der Waals surface area contributed by atoms with Crippen molar-refractivity contribution in [2.24, 2.45) is 0 Å². The van der Waals surface area contributed by atoms with E-state index >= 15 is 0 Å². The van der Waals surface area contributed by atoms with Crippen LogP contribution in [0, 0.1) is 0 Å². The second-order valence-electron chi connectivity index (χ2n) is 5.20. The van der Waals surface area contributed by atoms with Crippen molar-refractivity contribution in [3.63, 3.8) is 0 Å². The van der Waals surface area contributed by atoms with Crippen LogP contribution < -0.4 is 10.6 Å². The predicted molar refractivity (Wildman–Crippen MR) is 76.4 cm³/mol. The van der Waals surface area contributed by atoms with E-state index in [1.165, 1.54) is 6.42 Å². The number of hydrogen-bond donors (Lipinski definition) is 3. The van der Waals surface area contributed by atoms with Crippen LogP contribution >= 0.6 is 0 Å². The number of H-pyrrole nitrogens is 1. The largest absolute Gasteiger partial charge is 0.383 e. The lowest BCUT2D eigenvalue weighted by Gasteiger charge is -2.28. The Hall–Kier alpha value is -1.59. The highest BCUT2D eigenvalue weighted by Gasteiger charge is 2.33. The number of para-hydroxylation sites is 2. The van der Waals surface area contributed by atoms with Crippen LogP contribution in [0.1, 0.15) is 12.8 Å². The molecule has 5 nitrogen and oxygen atoms in total. The summed E-state index contributed by atoms with van der Waals surface area (Å²) in [5.41, 5.74) is 2.09. The maximum Gasteiger partial charge on any atom is 0.201 e. The Labute approximate surface area is 112 Å². The van der Waals surface area contributed by atoms with Crippen molar-refractivity contribution in [3.05, 3.63) is 24.3 Å². The molecule has 1 atom stereocenters. The number of nitrogens with one attached hydrogen (secondary N) is 3. The summed E-state index contributed by atoms with van der Waals surface area (Å²) in [6.45, 7) is 2.60. The number of aromatic amines is 1. The topological polar surface area (TPSA) is 62.0 Å². The zero-order valence-corrected chi connectivity index (χ0v) is 11.2. The van der Waals surface area contributed by atoms with Crippen molar-refractivity contribution >= 4 is 17.0 Å². The van der Waals surface area contributed by atoms with E-state index in [0.717, 1.165) is 43.1 Å². The van der Waals surface area contributed by atoms with Gasteiger partial charge in [0.15, 0.2) is 0 Å². The molecule has 3 N–H and O–H groups in total. The minimum atomic E-state index is 0.0354. The van der Waals surface area contributed by atoms with E-state index in [2.05, 4.69) is 20.6 Å². The maximum absolute atomic E-state index is 5.34. The summed E-state index contributed by atoms with van der Waals surface area (Å²) in [6.07, 6.45) is 2.33. The van der Waals surface area contributed by atoms with Crippen LogP contribution in [-0.2, 0) is 4.74 Å². The highest BCUT2D eigenvalue weighted by atomic mass is 16.5. The van der Waals surface area contributed by atoms with Crippen LogP contribution in [0.2, 0.25) is 0 Å². The first-order valence-electron chi connectivity index (χ1n) is 6.74. The normalized spacial score (nSPS) is 23.0. The molecule has 0 aliphatic carbocycles. The van der Waals surface area contributed by atoms with E-state index < -0.39 is 0 Å². The van der Waals surface area contributed by atoms with Crippen molar-refractivity contribution in [2.75, 3.05) is 32.1 Å². The lowest BCUT2D eigenvalue weighted by atomic mass is 9.99. The molecule has 1 aromatic heterocycles. The molecule has 0 saturated carbocycles. The molecular formula is C14H20N4O. The van der Waals surface area contributed by atoms with E-state index in [1.54, 1.807) is 7.11 Å². The smallest absolute Gasteiger partial charge is 0.201 e. The molecule has 0 amide bonds. The number of rotatable bonds is 5. The van der Waals surface area contributed by atoms with Crippen LogP contribution in [0.25, 0.3) is 11.0 Å². The molecule has 0 spiro atoms. The van der Waals surface area contributed by atoms with Gasteiger partial charge in [-0.3, -0.25) is 0 Å².